The van der Waals surface area contributed by atoms with E-state index in [0.717, 1.165) is 31.9 Å². The molecule has 1 saturated heterocycles. The fourth-order valence-electron chi connectivity index (χ4n) is 2.78. The van der Waals surface area contributed by atoms with Gasteiger partial charge in [-0.3, -0.25) is 4.90 Å². The molecule has 2 rings (SSSR count). The van der Waals surface area contributed by atoms with Gasteiger partial charge in [0.05, 0.1) is 12.8 Å². The molecule has 1 aliphatic heterocycles. The molecular weight excluding hydrogens is 250 g/mol. The molecular formula is C16H29N3O. The summed E-state index contributed by atoms with van der Waals surface area (Å²) in [6.45, 7) is 12.0. The maximum Gasteiger partial charge on any atom is 0.118 e. The Bertz CT molecular complexity index is 402. The fraction of sp³-hybridized carbons (Fsp3) is 0.750. The molecule has 0 bridgehead atoms. The Morgan fingerprint density at radius 1 is 1.40 bits per heavy atom. The molecule has 1 aromatic rings. The van der Waals surface area contributed by atoms with Crippen molar-refractivity contribution in [2.75, 3.05) is 26.7 Å². The molecule has 114 valence electrons. The monoisotopic (exact) mass is 279 g/mol. The number of rotatable bonds is 5. The van der Waals surface area contributed by atoms with E-state index in [1.165, 1.54) is 18.5 Å². The quantitative estimate of drug-likeness (QED) is 0.896. The minimum Gasteiger partial charge on any atom is -0.468 e. The molecule has 1 fully saturated rings. The largest absolute Gasteiger partial charge is 0.468 e. The highest BCUT2D eigenvalue weighted by Crippen LogP contribution is 2.15. The van der Waals surface area contributed by atoms with Gasteiger partial charge in [0, 0.05) is 37.3 Å². The van der Waals surface area contributed by atoms with Crippen LogP contribution in [0.2, 0.25) is 0 Å². The van der Waals surface area contributed by atoms with Crippen LogP contribution in [0.5, 0.6) is 0 Å². The smallest absolute Gasteiger partial charge is 0.118 e. The van der Waals surface area contributed by atoms with E-state index in [0.29, 0.717) is 12.1 Å². The van der Waals surface area contributed by atoms with Gasteiger partial charge in [-0.25, -0.2) is 0 Å². The predicted octanol–water partition coefficient (Wildman–Crippen LogP) is 2.30. The highest BCUT2D eigenvalue weighted by atomic mass is 16.3. The van der Waals surface area contributed by atoms with Crippen LogP contribution >= 0.6 is 0 Å². The normalized spacial score (nSPS) is 22.4. The van der Waals surface area contributed by atoms with Crippen molar-refractivity contribution in [1.82, 2.24) is 15.1 Å². The topological polar surface area (TPSA) is 31.7 Å². The number of likely N-dealkylation sites (N-methyl/N-ethyl adjacent to an activating group) is 1. The van der Waals surface area contributed by atoms with E-state index in [-0.39, 0.29) is 0 Å². The van der Waals surface area contributed by atoms with Crippen molar-refractivity contribution < 1.29 is 4.42 Å². The Kier molecular flexibility index (Phi) is 5.64. The van der Waals surface area contributed by atoms with Gasteiger partial charge in [0.15, 0.2) is 0 Å². The first-order valence-corrected chi connectivity index (χ1v) is 7.77. The zero-order valence-corrected chi connectivity index (χ0v) is 13.4. The molecule has 1 unspecified atom stereocenters. The zero-order chi connectivity index (χ0) is 14.5. The molecule has 1 N–H and O–H groups in total. The van der Waals surface area contributed by atoms with Crippen molar-refractivity contribution in [1.29, 1.82) is 0 Å². The molecule has 20 heavy (non-hydrogen) atoms. The average Bonchev–Trinajstić information content (AvgIpc) is 2.76. The molecule has 4 heteroatoms. The van der Waals surface area contributed by atoms with Gasteiger partial charge in [0.2, 0.25) is 0 Å². The molecule has 0 spiro atoms. The van der Waals surface area contributed by atoms with Gasteiger partial charge in [-0.2, -0.15) is 0 Å². The van der Waals surface area contributed by atoms with Crippen molar-refractivity contribution >= 4 is 0 Å². The maximum absolute atomic E-state index is 5.72. The van der Waals surface area contributed by atoms with Crippen molar-refractivity contribution in [3.05, 3.63) is 23.7 Å². The van der Waals surface area contributed by atoms with Gasteiger partial charge in [-0.15, -0.1) is 0 Å². The minimum absolute atomic E-state index is 0.509. The van der Waals surface area contributed by atoms with Gasteiger partial charge >= 0.3 is 0 Å². The summed E-state index contributed by atoms with van der Waals surface area (Å²) in [6.07, 6.45) is 3.13. The van der Waals surface area contributed by atoms with Crippen molar-refractivity contribution in [2.24, 2.45) is 0 Å². The first kappa shape index (κ1) is 15.5. The number of hydrogen-bond donors (Lipinski definition) is 1. The molecule has 1 aliphatic rings. The molecule has 1 atom stereocenters. The second-order valence-electron chi connectivity index (χ2n) is 6.39. The SMILES string of the molecule is CC(C)NCc1coc(CN2CCCN(C)CC2C)c1. The van der Waals surface area contributed by atoms with Crippen LogP contribution < -0.4 is 5.32 Å². The van der Waals surface area contributed by atoms with Crippen molar-refractivity contribution in [2.45, 2.75) is 52.4 Å². The lowest BCUT2D eigenvalue weighted by molar-refractivity contribution is 0.181. The van der Waals surface area contributed by atoms with Crippen molar-refractivity contribution in [3.8, 4) is 0 Å². The van der Waals surface area contributed by atoms with Crippen LogP contribution in [0.25, 0.3) is 0 Å². The summed E-state index contributed by atoms with van der Waals surface area (Å²) in [6, 6.07) is 3.29. The van der Waals surface area contributed by atoms with E-state index in [9.17, 15) is 0 Å². The minimum atomic E-state index is 0.509. The van der Waals surface area contributed by atoms with Gasteiger partial charge in [0.25, 0.3) is 0 Å². The van der Waals surface area contributed by atoms with E-state index >= 15 is 0 Å². The summed E-state index contributed by atoms with van der Waals surface area (Å²) in [4.78, 5) is 4.95. The Labute approximate surface area is 123 Å². The zero-order valence-electron chi connectivity index (χ0n) is 13.4. The number of hydrogen-bond acceptors (Lipinski definition) is 4. The van der Waals surface area contributed by atoms with Crippen LogP contribution in [0.15, 0.2) is 16.7 Å². The fourth-order valence-corrected chi connectivity index (χ4v) is 2.78. The third kappa shape index (κ3) is 4.62. The summed E-state index contributed by atoms with van der Waals surface area (Å²) in [5.74, 6) is 1.09. The molecule has 2 heterocycles. The Morgan fingerprint density at radius 3 is 2.95 bits per heavy atom. The molecule has 4 nitrogen and oxygen atoms in total. The molecule has 0 aromatic carbocycles. The summed E-state index contributed by atoms with van der Waals surface area (Å²) in [5.41, 5.74) is 1.24. The van der Waals surface area contributed by atoms with Crippen LogP contribution in [0.1, 0.15) is 38.5 Å². The molecule has 0 aliphatic carbocycles. The molecule has 1 aromatic heterocycles. The number of nitrogens with zero attached hydrogens (tertiary/aromatic N) is 2. The van der Waals surface area contributed by atoms with E-state index < -0.39 is 0 Å². The number of nitrogens with one attached hydrogen (secondary N) is 1. The molecule has 0 amide bonds. The van der Waals surface area contributed by atoms with E-state index in [4.69, 9.17) is 4.42 Å². The summed E-state index contributed by atoms with van der Waals surface area (Å²) >= 11 is 0. The average molecular weight is 279 g/mol. The van der Waals surface area contributed by atoms with Crippen LogP contribution in [0.4, 0.5) is 0 Å². The third-order valence-corrected chi connectivity index (χ3v) is 3.97. The highest BCUT2D eigenvalue weighted by molar-refractivity contribution is 5.13. The van der Waals surface area contributed by atoms with E-state index in [1.807, 2.05) is 6.26 Å². The van der Waals surface area contributed by atoms with Gasteiger partial charge in [-0.05, 0) is 33.0 Å². The van der Waals surface area contributed by atoms with E-state index in [2.05, 4.69) is 49.0 Å². The lowest BCUT2D eigenvalue weighted by atomic mass is 10.2. The van der Waals surface area contributed by atoms with Gasteiger partial charge in [0.1, 0.15) is 5.76 Å². The van der Waals surface area contributed by atoms with Gasteiger partial charge < -0.3 is 14.6 Å². The Balaban J connectivity index is 1.89. The summed E-state index contributed by atoms with van der Waals surface area (Å²) in [5, 5.41) is 3.42. The maximum atomic E-state index is 5.72. The molecule has 0 radical (unpaired) electrons. The van der Waals surface area contributed by atoms with Gasteiger partial charge in [-0.1, -0.05) is 13.8 Å². The summed E-state index contributed by atoms with van der Waals surface area (Å²) in [7, 11) is 2.21. The first-order chi connectivity index (χ1) is 9.54. The lowest BCUT2D eigenvalue weighted by Crippen LogP contribution is -2.37. The van der Waals surface area contributed by atoms with Crippen LogP contribution in [-0.2, 0) is 13.1 Å². The third-order valence-electron chi connectivity index (χ3n) is 3.97. The lowest BCUT2D eigenvalue weighted by Gasteiger charge is -2.26. The second-order valence-corrected chi connectivity index (χ2v) is 6.39. The van der Waals surface area contributed by atoms with Crippen molar-refractivity contribution in [3.63, 3.8) is 0 Å². The predicted molar refractivity (Wildman–Crippen MR) is 82.7 cm³/mol. The first-order valence-electron chi connectivity index (χ1n) is 7.77. The number of furan rings is 1. The second kappa shape index (κ2) is 7.25. The summed E-state index contributed by atoms with van der Waals surface area (Å²) < 4.78 is 5.72. The Morgan fingerprint density at radius 2 is 2.20 bits per heavy atom. The van der Waals surface area contributed by atoms with E-state index in [1.54, 1.807) is 0 Å². The van der Waals surface area contributed by atoms with Crippen LogP contribution in [0.3, 0.4) is 0 Å². The standard InChI is InChI=1S/C16H29N3O/c1-13(2)17-9-15-8-16(20-12-15)11-19-7-5-6-18(4)10-14(19)3/h8,12-14,17H,5-7,9-11H2,1-4H3. The Hall–Kier alpha value is -0.840. The molecule has 0 saturated carbocycles. The van der Waals surface area contributed by atoms with Crippen LogP contribution in [0, 0.1) is 0 Å². The highest BCUT2D eigenvalue weighted by Gasteiger charge is 2.20. The van der Waals surface area contributed by atoms with Crippen LogP contribution in [-0.4, -0.2) is 48.6 Å².